The van der Waals surface area contributed by atoms with Gasteiger partial charge in [0.1, 0.15) is 0 Å². The maximum absolute atomic E-state index is 11.3. The second-order valence-electron chi connectivity index (χ2n) is 3.45. The van der Waals surface area contributed by atoms with Crippen LogP contribution in [0.25, 0.3) is 10.9 Å². The molecule has 0 aliphatic rings. The van der Waals surface area contributed by atoms with E-state index in [1.807, 2.05) is 18.2 Å². The van der Waals surface area contributed by atoms with Crippen molar-refractivity contribution < 1.29 is 4.79 Å². The van der Waals surface area contributed by atoms with Crippen LogP contribution >= 0.6 is 0 Å². The number of nitrogens with two attached hydrogens (primary N) is 1. The highest BCUT2D eigenvalue weighted by Crippen LogP contribution is 2.16. The van der Waals surface area contributed by atoms with Gasteiger partial charge in [-0.3, -0.25) is 9.89 Å². The van der Waals surface area contributed by atoms with Crippen LogP contribution in [0.3, 0.4) is 0 Å². The topological polar surface area (TPSA) is 83.8 Å². The molecule has 0 saturated carbocycles. The Morgan fingerprint density at radius 1 is 1.60 bits per heavy atom. The van der Waals surface area contributed by atoms with Gasteiger partial charge in [0.05, 0.1) is 17.8 Å². The Bertz CT molecular complexity index is 489. The summed E-state index contributed by atoms with van der Waals surface area (Å²) in [7, 11) is 0. The lowest BCUT2D eigenvalue weighted by molar-refractivity contribution is -0.117. The van der Waals surface area contributed by atoms with E-state index in [1.54, 1.807) is 13.1 Å². The molecule has 2 aromatic rings. The van der Waals surface area contributed by atoms with Crippen molar-refractivity contribution >= 4 is 22.5 Å². The lowest BCUT2D eigenvalue weighted by Crippen LogP contribution is -2.32. The second kappa shape index (κ2) is 3.70. The molecular weight excluding hydrogens is 192 g/mol. The molecule has 1 aromatic heterocycles. The summed E-state index contributed by atoms with van der Waals surface area (Å²) in [4.78, 5) is 11.3. The van der Waals surface area contributed by atoms with Crippen LogP contribution in [-0.4, -0.2) is 22.1 Å². The summed E-state index contributed by atoms with van der Waals surface area (Å²) in [6, 6.07) is 5.01. The van der Waals surface area contributed by atoms with Crippen LogP contribution in [0.4, 0.5) is 5.69 Å². The van der Waals surface area contributed by atoms with Gasteiger partial charge >= 0.3 is 0 Å². The Labute approximate surface area is 86.7 Å². The van der Waals surface area contributed by atoms with Crippen LogP contribution in [-0.2, 0) is 4.79 Å². The number of anilines is 1. The van der Waals surface area contributed by atoms with Gasteiger partial charge in [0.25, 0.3) is 0 Å². The predicted octanol–water partition coefficient (Wildman–Crippen LogP) is 0.849. The quantitative estimate of drug-likeness (QED) is 0.678. The third kappa shape index (κ3) is 1.97. The summed E-state index contributed by atoms with van der Waals surface area (Å²) in [5.74, 6) is -0.200. The average Bonchev–Trinajstić information content (AvgIpc) is 2.64. The Hall–Kier alpha value is -1.88. The van der Waals surface area contributed by atoms with Gasteiger partial charge < -0.3 is 11.1 Å². The van der Waals surface area contributed by atoms with Crippen molar-refractivity contribution in [2.75, 3.05) is 5.32 Å². The fraction of sp³-hybridized carbons (Fsp3) is 0.200. The summed E-state index contributed by atoms with van der Waals surface area (Å²) >= 11 is 0. The highest BCUT2D eigenvalue weighted by molar-refractivity contribution is 5.96. The zero-order chi connectivity index (χ0) is 10.8. The average molecular weight is 204 g/mol. The first-order valence-electron chi connectivity index (χ1n) is 4.66. The molecule has 1 aromatic carbocycles. The molecule has 0 radical (unpaired) electrons. The summed E-state index contributed by atoms with van der Waals surface area (Å²) in [6.07, 6.45) is 1.73. The summed E-state index contributed by atoms with van der Waals surface area (Å²) < 4.78 is 0. The van der Waals surface area contributed by atoms with Gasteiger partial charge in [0.2, 0.25) is 5.91 Å². The number of fused-ring (bicyclic) bond motifs is 1. The van der Waals surface area contributed by atoms with Crippen LogP contribution in [0.1, 0.15) is 6.92 Å². The number of nitrogens with one attached hydrogen (secondary N) is 2. The third-order valence-electron chi connectivity index (χ3n) is 2.12. The van der Waals surface area contributed by atoms with Crippen molar-refractivity contribution in [1.82, 2.24) is 10.2 Å². The molecule has 0 spiro atoms. The molecule has 0 aliphatic heterocycles. The number of nitrogens with zero attached hydrogens (tertiary/aromatic N) is 1. The third-order valence-corrected chi connectivity index (χ3v) is 2.12. The molecule has 2 rings (SSSR count). The maximum atomic E-state index is 11.3. The number of aromatic amines is 1. The molecule has 5 nitrogen and oxygen atoms in total. The van der Waals surface area contributed by atoms with E-state index in [0.29, 0.717) is 5.69 Å². The lowest BCUT2D eigenvalue weighted by atomic mass is 10.2. The minimum Gasteiger partial charge on any atom is -0.325 e. The summed E-state index contributed by atoms with van der Waals surface area (Å²) in [5, 5.41) is 10.4. The van der Waals surface area contributed by atoms with Crippen molar-refractivity contribution in [2.24, 2.45) is 5.73 Å². The SMILES string of the molecule is C[C@@H](N)C(=O)Nc1ccc2cn[nH]c2c1. The molecule has 15 heavy (non-hydrogen) atoms. The van der Waals surface area contributed by atoms with E-state index < -0.39 is 6.04 Å². The molecule has 1 heterocycles. The Kier molecular flexibility index (Phi) is 2.39. The fourth-order valence-electron chi connectivity index (χ4n) is 1.27. The van der Waals surface area contributed by atoms with Gasteiger partial charge in [-0.1, -0.05) is 0 Å². The van der Waals surface area contributed by atoms with E-state index in [4.69, 9.17) is 5.73 Å². The van der Waals surface area contributed by atoms with Crippen molar-refractivity contribution in [3.63, 3.8) is 0 Å². The number of H-pyrrole nitrogens is 1. The highest BCUT2D eigenvalue weighted by Gasteiger charge is 2.07. The summed E-state index contributed by atoms with van der Waals surface area (Å²) in [6.45, 7) is 1.64. The number of amides is 1. The molecular formula is C10H12N4O. The van der Waals surface area contributed by atoms with Crippen LogP contribution in [0.15, 0.2) is 24.4 Å². The summed E-state index contributed by atoms with van der Waals surface area (Å²) in [5.41, 5.74) is 7.05. The normalized spacial score (nSPS) is 12.7. The van der Waals surface area contributed by atoms with Gasteiger partial charge in [0.15, 0.2) is 0 Å². The van der Waals surface area contributed by atoms with Crippen molar-refractivity contribution in [1.29, 1.82) is 0 Å². The molecule has 0 fully saturated rings. The highest BCUT2D eigenvalue weighted by atomic mass is 16.2. The smallest absolute Gasteiger partial charge is 0.240 e. The van der Waals surface area contributed by atoms with E-state index >= 15 is 0 Å². The Morgan fingerprint density at radius 3 is 3.13 bits per heavy atom. The molecule has 78 valence electrons. The van der Waals surface area contributed by atoms with Crippen molar-refractivity contribution in [3.8, 4) is 0 Å². The fourth-order valence-corrected chi connectivity index (χ4v) is 1.27. The molecule has 1 amide bonds. The minimum absolute atomic E-state index is 0.200. The van der Waals surface area contributed by atoms with Gasteiger partial charge in [-0.2, -0.15) is 5.10 Å². The van der Waals surface area contributed by atoms with E-state index in [-0.39, 0.29) is 5.91 Å². The van der Waals surface area contributed by atoms with Gasteiger partial charge in [-0.25, -0.2) is 0 Å². The van der Waals surface area contributed by atoms with E-state index in [2.05, 4.69) is 15.5 Å². The first kappa shape index (κ1) is 9.67. The number of carbonyl (C=O) groups excluding carboxylic acids is 1. The zero-order valence-electron chi connectivity index (χ0n) is 8.32. The van der Waals surface area contributed by atoms with Gasteiger partial charge in [-0.05, 0) is 25.1 Å². The van der Waals surface area contributed by atoms with Crippen LogP contribution < -0.4 is 11.1 Å². The number of aromatic nitrogens is 2. The number of hydrogen-bond donors (Lipinski definition) is 3. The monoisotopic (exact) mass is 204 g/mol. The molecule has 1 atom stereocenters. The molecule has 4 N–H and O–H groups in total. The van der Waals surface area contributed by atoms with Crippen LogP contribution in [0.2, 0.25) is 0 Å². The van der Waals surface area contributed by atoms with Crippen molar-refractivity contribution in [3.05, 3.63) is 24.4 Å². The maximum Gasteiger partial charge on any atom is 0.240 e. The molecule has 0 bridgehead atoms. The number of rotatable bonds is 2. The van der Waals surface area contributed by atoms with Crippen LogP contribution in [0, 0.1) is 0 Å². The van der Waals surface area contributed by atoms with E-state index in [0.717, 1.165) is 10.9 Å². The predicted molar refractivity (Wildman–Crippen MR) is 58.4 cm³/mol. The second-order valence-corrected chi connectivity index (χ2v) is 3.45. The number of carbonyl (C=O) groups is 1. The minimum atomic E-state index is -0.512. The number of benzene rings is 1. The van der Waals surface area contributed by atoms with E-state index in [9.17, 15) is 4.79 Å². The lowest BCUT2D eigenvalue weighted by Gasteiger charge is -2.07. The Balaban J connectivity index is 2.25. The van der Waals surface area contributed by atoms with Crippen molar-refractivity contribution in [2.45, 2.75) is 13.0 Å². The van der Waals surface area contributed by atoms with Crippen LogP contribution in [0.5, 0.6) is 0 Å². The Morgan fingerprint density at radius 2 is 2.40 bits per heavy atom. The van der Waals surface area contributed by atoms with Gasteiger partial charge in [-0.15, -0.1) is 0 Å². The molecule has 5 heteroatoms. The zero-order valence-corrected chi connectivity index (χ0v) is 8.32. The molecule has 0 aliphatic carbocycles. The first-order chi connectivity index (χ1) is 7.16. The first-order valence-corrected chi connectivity index (χ1v) is 4.66. The standard InChI is InChI=1S/C10H12N4O/c1-6(11)10(15)13-8-3-2-7-5-12-14-9(7)4-8/h2-6H,11H2,1H3,(H,12,14)(H,13,15)/t6-/m1/s1. The number of hydrogen-bond acceptors (Lipinski definition) is 3. The molecule has 0 unspecified atom stereocenters. The largest absolute Gasteiger partial charge is 0.325 e. The van der Waals surface area contributed by atoms with Gasteiger partial charge in [0, 0.05) is 11.1 Å². The molecule has 0 saturated heterocycles. The van der Waals surface area contributed by atoms with E-state index in [1.165, 1.54) is 0 Å².